The van der Waals surface area contributed by atoms with Gasteiger partial charge in [-0.2, -0.15) is 0 Å². The predicted molar refractivity (Wildman–Crippen MR) is 136 cm³/mol. The molecule has 0 spiro atoms. The number of phenolic OH excluding ortho intramolecular Hbond substituents is 1. The van der Waals surface area contributed by atoms with Crippen molar-refractivity contribution in [2.75, 3.05) is 0 Å². The standard InChI is InChI=1S/C28H36O5S/c1-17(2)28(12-11-19-7-9-21(30)10-8-19)15-23(31)25(26(32)33-28)34-24-13-18(3)20(16-29)14-22(24)27(4,5)6/h7-10,13-14,17,29-31H,11-12,15-16H2,1-6H3. The van der Waals surface area contributed by atoms with Gasteiger partial charge in [0.05, 0.1) is 6.61 Å². The summed E-state index contributed by atoms with van der Waals surface area (Å²) in [6, 6.07) is 11.0. The smallest absolute Gasteiger partial charge is 0.349 e. The van der Waals surface area contributed by atoms with Gasteiger partial charge in [-0.05, 0) is 71.6 Å². The molecule has 2 aromatic carbocycles. The Labute approximate surface area is 206 Å². The van der Waals surface area contributed by atoms with E-state index in [-0.39, 0.29) is 40.8 Å². The number of hydrogen-bond donors (Lipinski definition) is 3. The van der Waals surface area contributed by atoms with Gasteiger partial charge in [-0.1, -0.05) is 64.6 Å². The first-order chi connectivity index (χ1) is 15.9. The number of aryl methyl sites for hydroxylation is 2. The maximum Gasteiger partial charge on any atom is 0.349 e. The Morgan fingerprint density at radius 3 is 2.29 bits per heavy atom. The fourth-order valence-corrected chi connectivity index (χ4v) is 5.54. The van der Waals surface area contributed by atoms with E-state index in [1.165, 1.54) is 11.8 Å². The normalized spacial score (nSPS) is 19.0. The van der Waals surface area contributed by atoms with Gasteiger partial charge in [0.1, 0.15) is 22.0 Å². The third-order valence-corrected chi connectivity index (χ3v) is 7.83. The van der Waals surface area contributed by atoms with Crippen LogP contribution in [0.2, 0.25) is 0 Å². The van der Waals surface area contributed by atoms with E-state index < -0.39 is 11.6 Å². The monoisotopic (exact) mass is 484 g/mol. The quantitative estimate of drug-likeness (QED) is 0.398. The van der Waals surface area contributed by atoms with Gasteiger partial charge in [0.25, 0.3) is 0 Å². The zero-order valence-corrected chi connectivity index (χ0v) is 21.8. The van der Waals surface area contributed by atoms with E-state index in [9.17, 15) is 20.1 Å². The number of hydrogen-bond acceptors (Lipinski definition) is 6. The number of benzene rings is 2. The summed E-state index contributed by atoms with van der Waals surface area (Å²) >= 11 is 1.24. The molecule has 1 aliphatic rings. The van der Waals surface area contributed by atoms with E-state index in [1.807, 2.05) is 45.0 Å². The number of carbonyl (C=O) groups is 1. The van der Waals surface area contributed by atoms with Crippen LogP contribution in [-0.4, -0.2) is 26.9 Å². The molecule has 1 atom stereocenters. The molecule has 0 fully saturated rings. The maximum atomic E-state index is 13.2. The predicted octanol–water partition coefficient (Wildman–Crippen LogP) is 6.33. The van der Waals surface area contributed by atoms with Crippen molar-refractivity contribution < 1.29 is 24.9 Å². The molecule has 0 amide bonds. The molecule has 0 radical (unpaired) electrons. The molecule has 3 N–H and O–H groups in total. The van der Waals surface area contributed by atoms with Crippen LogP contribution in [0.5, 0.6) is 5.75 Å². The minimum atomic E-state index is -0.799. The summed E-state index contributed by atoms with van der Waals surface area (Å²) in [7, 11) is 0. The van der Waals surface area contributed by atoms with Crippen molar-refractivity contribution in [2.24, 2.45) is 5.92 Å². The van der Waals surface area contributed by atoms with Gasteiger partial charge in [0.2, 0.25) is 0 Å². The lowest BCUT2D eigenvalue weighted by Gasteiger charge is -2.40. The van der Waals surface area contributed by atoms with Crippen LogP contribution in [-0.2, 0) is 28.0 Å². The number of esters is 1. The molecule has 3 rings (SSSR count). The van der Waals surface area contributed by atoms with Crippen LogP contribution in [0.25, 0.3) is 0 Å². The molecule has 0 saturated heterocycles. The van der Waals surface area contributed by atoms with Crippen molar-refractivity contribution in [3.63, 3.8) is 0 Å². The maximum absolute atomic E-state index is 13.2. The summed E-state index contributed by atoms with van der Waals surface area (Å²) in [5.41, 5.74) is 2.83. The first kappa shape index (κ1) is 26.2. The summed E-state index contributed by atoms with van der Waals surface area (Å²) < 4.78 is 6.07. The highest BCUT2D eigenvalue weighted by atomic mass is 32.2. The number of phenols is 1. The molecule has 6 heteroatoms. The van der Waals surface area contributed by atoms with Gasteiger partial charge in [-0.15, -0.1) is 0 Å². The Morgan fingerprint density at radius 2 is 1.76 bits per heavy atom. The third-order valence-electron chi connectivity index (χ3n) is 6.66. The van der Waals surface area contributed by atoms with E-state index in [4.69, 9.17) is 4.74 Å². The van der Waals surface area contributed by atoms with Gasteiger partial charge in [0, 0.05) is 11.3 Å². The van der Waals surface area contributed by atoms with Gasteiger partial charge in [-0.25, -0.2) is 4.79 Å². The highest BCUT2D eigenvalue weighted by Crippen LogP contribution is 2.45. The average molecular weight is 485 g/mol. The van der Waals surface area contributed by atoms with Gasteiger partial charge in [0.15, 0.2) is 0 Å². The molecule has 2 aromatic rings. The topological polar surface area (TPSA) is 87.0 Å². The molecular formula is C28H36O5S. The Balaban J connectivity index is 1.91. The van der Waals surface area contributed by atoms with Crippen LogP contribution in [0, 0.1) is 12.8 Å². The van der Waals surface area contributed by atoms with Gasteiger partial charge < -0.3 is 20.1 Å². The molecule has 0 saturated carbocycles. The van der Waals surface area contributed by atoms with Crippen molar-refractivity contribution >= 4 is 17.7 Å². The summed E-state index contributed by atoms with van der Waals surface area (Å²) in [6.07, 6.45) is 1.49. The minimum Gasteiger partial charge on any atom is -0.511 e. The van der Waals surface area contributed by atoms with Crippen LogP contribution in [0.15, 0.2) is 52.0 Å². The zero-order chi connectivity index (χ0) is 25.3. The van der Waals surface area contributed by atoms with Crippen LogP contribution in [0.4, 0.5) is 0 Å². The van der Waals surface area contributed by atoms with Gasteiger partial charge >= 0.3 is 5.97 Å². The molecule has 0 aliphatic carbocycles. The lowest BCUT2D eigenvalue weighted by atomic mass is 9.80. The van der Waals surface area contributed by atoms with Crippen LogP contribution >= 0.6 is 11.8 Å². The molecule has 5 nitrogen and oxygen atoms in total. The Hall–Kier alpha value is -2.44. The second-order valence-corrected chi connectivity index (χ2v) is 11.6. The van der Waals surface area contributed by atoms with Crippen LogP contribution in [0.1, 0.15) is 69.7 Å². The fraction of sp³-hybridized carbons (Fsp3) is 0.464. The Kier molecular flexibility index (Phi) is 7.73. The lowest BCUT2D eigenvalue weighted by molar-refractivity contribution is -0.164. The first-order valence-electron chi connectivity index (χ1n) is 11.7. The van der Waals surface area contributed by atoms with Gasteiger partial charge in [-0.3, -0.25) is 0 Å². The number of rotatable bonds is 7. The number of thioether (sulfide) groups is 1. The fourth-order valence-electron chi connectivity index (χ4n) is 4.29. The zero-order valence-electron chi connectivity index (χ0n) is 20.9. The van der Waals surface area contributed by atoms with Crippen LogP contribution in [0.3, 0.4) is 0 Å². The summed E-state index contributed by atoms with van der Waals surface area (Å²) in [6.45, 7) is 12.2. The van der Waals surface area contributed by atoms with E-state index in [1.54, 1.807) is 12.1 Å². The Morgan fingerprint density at radius 1 is 1.12 bits per heavy atom. The molecule has 34 heavy (non-hydrogen) atoms. The van der Waals surface area contributed by atoms with Crippen molar-refractivity contribution in [2.45, 2.75) is 83.3 Å². The summed E-state index contributed by atoms with van der Waals surface area (Å²) in [4.78, 5) is 14.3. The molecule has 1 unspecified atom stereocenters. The van der Waals surface area contributed by atoms with Crippen molar-refractivity contribution in [3.05, 3.63) is 69.3 Å². The summed E-state index contributed by atoms with van der Waals surface area (Å²) in [5, 5.41) is 30.3. The van der Waals surface area contributed by atoms with E-state index in [0.29, 0.717) is 12.8 Å². The largest absolute Gasteiger partial charge is 0.511 e. The number of ether oxygens (including phenoxy) is 1. The molecule has 0 bridgehead atoms. The first-order valence-corrected chi connectivity index (χ1v) is 12.5. The number of aliphatic hydroxyl groups is 2. The summed E-state index contributed by atoms with van der Waals surface area (Å²) in [5.74, 6) is -0.217. The minimum absolute atomic E-state index is 0.0125. The number of cyclic esters (lactones) is 1. The third kappa shape index (κ3) is 5.61. The van der Waals surface area contributed by atoms with Crippen molar-refractivity contribution in [1.29, 1.82) is 0 Å². The molecule has 184 valence electrons. The highest BCUT2D eigenvalue weighted by molar-refractivity contribution is 8.04. The average Bonchev–Trinajstić information content (AvgIpc) is 2.75. The SMILES string of the molecule is Cc1cc(SC2=C(O)CC(CCc3ccc(O)cc3)(C(C)C)OC2=O)c(C(C)(C)C)cc1CO. The number of aliphatic hydroxyl groups excluding tert-OH is 2. The van der Waals surface area contributed by atoms with E-state index >= 15 is 0 Å². The highest BCUT2D eigenvalue weighted by Gasteiger charge is 2.44. The molecule has 1 aliphatic heterocycles. The molecular weight excluding hydrogens is 448 g/mol. The molecule has 0 aromatic heterocycles. The van der Waals surface area contributed by atoms with E-state index in [0.717, 1.165) is 27.1 Å². The van der Waals surface area contributed by atoms with Crippen LogP contribution < -0.4 is 0 Å². The number of aromatic hydroxyl groups is 1. The second-order valence-electron chi connectivity index (χ2n) is 10.5. The van der Waals surface area contributed by atoms with Crippen molar-refractivity contribution in [1.82, 2.24) is 0 Å². The Bertz CT molecular complexity index is 1080. The van der Waals surface area contributed by atoms with Crippen molar-refractivity contribution in [3.8, 4) is 5.75 Å². The lowest BCUT2D eigenvalue weighted by Crippen LogP contribution is -2.44. The second kappa shape index (κ2) is 10.0. The van der Waals surface area contributed by atoms with E-state index in [2.05, 4.69) is 20.8 Å². The number of carbonyl (C=O) groups excluding carboxylic acids is 1. The molecule has 1 heterocycles.